The average molecular weight is 241 g/mol. The van der Waals surface area contributed by atoms with Crippen molar-refractivity contribution in [2.75, 3.05) is 0 Å². The van der Waals surface area contributed by atoms with E-state index in [9.17, 15) is 0 Å². The summed E-state index contributed by atoms with van der Waals surface area (Å²) < 4.78 is 0. The first-order valence-electron chi connectivity index (χ1n) is 7.44. The third kappa shape index (κ3) is 7.81. The van der Waals surface area contributed by atoms with E-state index >= 15 is 0 Å². The van der Waals surface area contributed by atoms with Crippen molar-refractivity contribution in [2.24, 2.45) is 17.8 Å². The summed E-state index contributed by atoms with van der Waals surface area (Å²) in [5, 5.41) is 3.89. The molecule has 0 atom stereocenters. The fraction of sp³-hybridized carbons (Fsp3) is 1.00. The summed E-state index contributed by atoms with van der Waals surface area (Å²) in [5.41, 5.74) is 0.338. The van der Waals surface area contributed by atoms with Gasteiger partial charge in [0.2, 0.25) is 0 Å². The normalized spacial score (nSPS) is 13.4. The first-order valence-corrected chi connectivity index (χ1v) is 7.44. The minimum absolute atomic E-state index is 0.338. The van der Waals surface area contributed by atoms with Crippen LogP contribution in [0.15, 0.2) is 0 Å². The van der Waals surface area contributed by atoms with E-state index in [0.717, 1.165) is 17.8 Å². The Labute approximate surface area is 110 Å². The average Bonchev–Trinajstić information content (AvgIpc) is 1.95. The zero-order valence-corrected chi connectivity index (χ0v) is 13.4. The van der Waals surface area contributed by atoms with Crippen molar-refractivity contribution in [3.8, 4) is 0 Å². The third-order valence-electron chi connectivity index (χ3n) is 2.99. The third-order valence-corrected chi connectivity index (χ3v) is 2.99. The lowest BCUT2D eigenvalue weighted by Gasteiger charge is -2.41. The van der Waals surface area contributed by atoms with Crippen LogP contribution < -0.4 is 5.32 Å². The molecule has 0 aliphatic rings. The highest BCUT2D eigenvalue weighted by atomic mass is 15.0. The van der Waals surface area contributed by atoms with E-state index in [2.05, 4.69) is 60.7 Å². The second kappa shape index (κ2) is 7.41. The second-order valence-electron chi connectivity index (χ2n) is 7.37. The Morgan fingerprint density at radius 2 is 0.941 bits per heavy atom. The molecule has 104 valence electrons. The zero-order valence-electron chi connectivity index (χ0n) is 13.4. The van der Waals surface area contributed by atoms with Crippen LogP contribution in [0.25, 0.3) is 0 Å². The van der Waals surface area contributed by atoms with E-state index in [1.165, 1.54) is 19.3 Å². The predicted molar refractivity (Wildman–Crippen MR) is 79.4 cm³/mol. The Balaban J connectivity index is 4.89. The van der Waals surface area contributed by atoms with Gasteiger partial charge in [0.1, 0.15) is 0 Å². The lowest BCUT2D eigenvalue weighted by atomic mass is 9.76. The van der Waals surface area contributed by atoms with Crippen LogP contribution in [-0.4, -0.2) is 11.6 Å². The fourth-order valence-electron chi connectivity index (χ4n) is 3.38. The van der Waals surface area contributed by atoms with Gasteiger partial charge in [0.05, 0.1) is 0 Å². The molecule has 0 rings (SSSR count). The Morgan fingerprint density at radius 3 is 1.12 bits per heavy atom. The molecule has 0 heterocycles. The molecule has 0 aromatic heterocycles. The number of rotatable bonds is 8. The van der Waals surface area contributed by atoms with Gasteiger partial charge in [0, 0.05) is 11.6 Å². The molecule has 0 fully saturated rings. The van der Waals surface area contributed by atoms with Gasteiger partial charge in [-0.1, -0.05) is 55.4 Å². The van der Waals surface area contributed by atoms with Gasteiger partial charge in [-0.25, -0.2) is 0 Å². The molecule has 0 saturated carbocycles. The maximum atomic E-state index is 3.89. The van der Waals surface area contributed by atoms with Gasteiger partial charge < -0.3 is 5.32 Å². The van der Waals surface area contributed by atoms with Crippen LogP contribution in [0.5, 0.6) is 0 Å². The van der Waals surface area contributed by atoms with Crippen molar-refractivity contribution in [3.05, 3.63) is 0 Å². The summed E-state index contributed by atoms with van der Waals surface area (Å²) in [4.78, 5) is 0. The Hall–Kier alpha value is -0.0400. The second-order valence-corrected chi connectivity index (χ2v) is 7.37. The first-order chi connectivity index (χ1) is 7.67. The monoisotopic (exact) mass is 241 g/mol. The SMILES string of the molecule is CC(C)CC(CC(C)C)(CC(C)C)NC(C)C. The van der Waals surface area contributed by atoms with E-state index in [4.69, 9.17) is 0 Å². The molecule has 17 heavy (non-hydrogen) atoms. The maximum absolute atomic E-state index is 3.89. The molecule has 0 aliphatic carbocycles. The molecule has 0 bridgehead atoms. The molecule has 0 aromatic carbocycles. The predicted octanol–water partition coefficient (Wildman–Crippen LogP) is 4.86. The fourth-order valence-corrected chi connectivity index (χ4v) is 3.38. The van der Waals surface area contributed by atoms with E-state index in [-0.39, 0.29) is 0 Å². The van der Waals surface area contributed by atoms with E-state index < -0.39 is 0 Å². The minimum Gasteiger partial charge on any atom is -0.309 e. The summed E-state index contributed by atoms with van der Waals surface area (Å²) >= 11 is 0. The van der Waals surface area contributed by atoms with Crippen LogP contribution in [0.3, 0.4) is 0 Å². The van der Waals surface area contributed by atoms with Gasteiger partial charge in [0.25, 0.3) is 0 Å². The molecule has 0 spiro atoms. The van der Waals surface area contributed by atoms with Crippen LogP contribution in [0.1, 0.15) is 74.7 Å². The van der Waals surface area contributed by atoms with Gasteiger partial charge in [0.15, 0.2) is 0 Å². The zero-order chi connectivity index (χ0) is 13.6. The summed E-state index contributed by atoms with van der Waals surface area (Å²) in [6, 6.07) is 0.575. The maximum Gasteiger partial charge on any atom is 0.0191 e. The molecule has 1 nitrogen and oxygen atoms in total. The van der Waals surface area contributed by atoms with Gasteiger partial charge >= 0.3 is 0 Å². The van der Waals surface area contributed by atoms with Crippen molar-refractivity contribution in [1.29, 1.82) is 0 Å². The standard InChI is InChI=1S/C16H35N/c1-12(2)9-16(10-13(3)4,11-14(5)6)17-15(7)8/h12-15,17H,9-11H2,1-8H3. The molecule has 1 N–H and O–H groups in total. The number of hydrogen-bond donors (Lipinski definition) is 1. The Morgan fingerprint density at radius 1 is 0.647 bits per heavy atom. The van der Waals surface area contributed by atoms with Crippen molar-refractivity contribution in [2.45, 2.75) is 86.2 Å². The Kier molecular flexibility index (Phi) is 7.39. The van der Waals surface area contributed by atoms with Gasteiger partial charge in [-0.05, 0) is 37.0 Å². The lowest BCUT2D eigenvalue weighted by Crippen LogP contribution is -2.51. The molecule has 0 unspecified atom stereocenters. The van der Waals surface area contributed by atoms with Crippen molar-refractivity contribution in [1.82, 2.24) is 5.32 Å². The van der Waals surface area contributed by atoms with Crippen molar-refractivity contribution < 1.29 is 0 Å². The first kappa shape index (κ1) is 17.0. The van der Waals surface area contributed by atoms with Crippen LogP contribution in [-0.2, 0) is 0 Å². The smallest absolute Gasteiger partial charge is 0.0191 e. The lowest BCUT2D eigenvalue weighted by molar-refractivity contribution is 0.173. The molecule has 0 radical (unpaired) electrons. The topological polar surface area (TPSA) is 12.0 Å². The van der Waals surface area contributed by atoms with Crippen LogP contribution in [0.2, 0.25) is 0 Å². The molecule has 0 aromatic rings. The quantitative estimate of drug-likeness (QED) is 0.640. The van der Waals surface area contributed by atoms with Gasteiger partial charge in [-0.3, -0.25) is 0 Å². The van der Waals surface area contributed by atoms with Crippen LogP contribution in [0, 0.1) is 17.8 Å². The highest BCUT2D eigenvalue weighted by Crippen LogP contribution is 2.31. The minimum atomic E-state index is 0.338. The van der Waals surface area contributed by atoms with Crippen LogP contribution in [0.4, 0.5) is 0 Å². The largest absolute Gasteiger partial charge is 0.309 e. The Bertz CT molecular complexity index is 146. The number of nitrogens with one attached hydrogen (secondary N) is 1. The molecule has 0 saturated heterocycles. The van der Waals surface area contributed by atoms with E-state index in [1.54, 1.807) is 0 Å². The van der Waals surface area contributed by atoms with Crippen molar-refractivity contribution in [3.63, 3.8) is 0 Å². The molecule has 0 amide bonds. The molecular formula is C16H35N. The summed E-state index contributed by atoms with van der Waals surface area (Å²) in [6.45, 7) is 18.6. The summed E-state index contributed by atoms with van der Waals surface area (Å²) in [5.74, 6) is 2.29. The number of hydrogen-bond acceptors (Lipinski definition) is 1. The molecular weight excluding hydrogens is 206 g/mol. The highest BCUT2D eigenvalue weighted by molar-refractivity contribution is 4.91. The van der Waals surface area contributed by atoms with Crippen molar-refractivity contribution >= 4 is 0 Å². The summed E-state index contributed by atoms with van der Waals surface area (Å²) in [7, 11) is 0. The summed E-state index contributed by atoms with van der Waals surface area (Å²) in [6.07, 6.45) is 3.88. The van der Waals surface area contributed by atoms with E-state index in [0.29, 0.717) is 11.6 Å². The van der Waals surface area contributed by atoms with Gasteiger partial charge in [-0.2, -0.15) is 0 Å². The molecule has 0 aliphatic heterocycles. The van der Waals surface area contributed by atoms with Crippen LogP contribution >= 0.6 is 0 Å². The highest BCUT2D eigenvalue weighted by Gasteiger charge is 2.32. The van der Waals surface area contributed by atoms with Gasteiger partial charge in [-0.15, -0.1) is 0 Å². The molecule has 1 heteroatoms. The van der Waals surface area contributed by atoms with E-state index in [1.807, 2.05) is 0 Å².